The summed E-state index contributed by atoms with van der Waals surface area (Å²) >= 11 is 0. The molecule has 0 saturated carbocycles. The Kier molecular flexibility index (Phi) is 6.00. The number of hydrogen-bond donors (Lipinski definition) is 1. The zero-order valence-corrected chi connectivity index (χ0v) is 13.4. The van der Waals surface area contributed by atoms with Crippen LogP contribution in [0.1, 0.15) is 62.4 Å². The zero-order valence-electron chi connectivity index (χ0n) is 13.4. The summed E-state index contributed by atoms with van der Waals surface area (Å²) in [5, 5.41) is 3.46. The van der Waals surface area contributed by atoms with E-state index < -0.39 is 0 Å². The Balaban J connectivity index is 1.86. The van der Waals surface area contributed by atoms with Gasteiger partial charge in [-0.05, 0) is 30.9 Å². The fourth-order valence-corrected chi connectivity index (χ4v) is 2.31. The number of rotatable bonds is 8. The predicted molar refractivity (Wildman–Crippen MR) is 86.2 cm³/mol. The maximum absolute atomic E-state index is 5.61. The van der Waals surface area contributed by atoms with E-state index in [9.17, 15) is 0 Å². The first-order chi connectivity index (χ1) is 10.2. The molecule has 0 aliphatic heterocycles. The molecule has 1 heterocycles. The highest BCUT2D eigenvalue weighted by Gasteiger charge is 2.07. The smallest absolute Gasteiger partial charge is 0.208 e. The molecule has 3 heteroatoms. The predicted octanol–water partition coefficient (Wildman–Crippen LogP) is 4.43. The number of benzene rings is 1. The summed E-state index contributed by atoms with van der Waals surface area (Å²) in [4.78, 5) is 4.27. The Morgan fingerprint density at radius 3 is 2.57 bits per heavy atom. The van der Waals surface area contributed by atoms with Gasteiger partial charge in [0.2, 0.25) is 5.89 Å². The molecule has 1 aromatic carbocycles. The summed E-state index contributed by atoms with van der Waals surface area (Å²) in [6.07, 6.45) is 6.38. The minimum atomic E-state index is 0.294. The number of nitrogens with one attached hydrogen (secondary N) is 1. The van der Waals surface area contributed by atoms with Crippen LogP contribution in [0.2, 0.25) is 0 Å². The van der Waals surface area contributed by atoms with Crippen LogP contribution in [0.4, 0.5) is 0 Å². The van der Waals surface area contributed by atoms with Crippen molar-refractivity contribution in [1.82, 2.24) is 10.3 Å². The molecule has 114 valence electrons. The second-order valence-corrected chi connectivity index (χ2v) is 5.52. The monoisotopic (exact) mass is 286 g/mol. The molecule has 0 amide bonds. The molecule has 3 nitrogen and oxygen atoms in total. The van der Waals surface area contributed by atoms with E-state index in [1.54, 1.807) is 0 Å². The van der Waals surface area contributed by atoms with E-state index in [0.717, 1.165) is 18.1 Å². The van der Waals surface area contributed by atoms with Crippen molar-refractivity contribution in [2.75, 3.05) is 0 Å². The summed E-state index contributed by atoms with van der Waals surface area (Å²) in [7, 11) is 0. The molecular formula is C18H26N2O. The highest BCUT2D eigenvalue weighted by atomic mass is 16.4. The number of aryl methyl sites for hydroxylation is 2. The lowest BCUT2D eigenvalue weighted by Gasteiger charge is -2.13. The van der Waals surface area contributed by atoms with E-state index in [4.69, 9.17) is 4.42 Å². The van der Waals surface area contributed by atoms with Crippen LogP contribution < -0.4 is 5.32 Å². The van der Waals surface area contributed by atoms with Crippen molar-refractivity contribution in [2.24, 2.45) is 0 Å². The first-order valence-corrected chi connectivity index (χ1v) is 7.98. The van der Waals surface area contributed by atoms with Gasteiger partial charge >= 0.3 is 0 Å². The third-order valence-corrected chi connectivity index (χ3v) is 3.81. The van der Waals surface area contributed by atoms with Crippen molar-refractivity contribution in [1.29, 1.82) is 0 Å². The lowest BCUT2D eigenvalue weighted by molar-refractivity contribution is 0.424. The maximum Gasteiger partial charge on any atom is 0.208 e. The Labute approximate surface area is 127 Å². The first-order valence-electron chi connectivity index (χ1n) is 7.98. The lowest BCUT2D eigenvalue weighted by atomic mass is 10.0. The summed E-state index contributed by atoms with van der Waals surface area (Å²) in [6, 6.07) is 9.21. The van der Waals surface area contributed by atoms with Crippen LogP contribution in [0.5, 0.6) is 0 Å². The van der Waals surface area contributed by atoms with Crippen molar-refractivity contribution in [3.05, 3.63) is 53.2 Å². The van der Waals surface area contributed by atoms with E-state index in [1.807, 2.05) is 6.20 Å². The molecule has 0 saturated heterocycles. The fraction of sp³-hybridized carbons (Fsp3) is 0.500. The van der Waals surface area contributed by atoms with E-state index >= 15 is 0 Å². The van der Waals surface area contributed by atoms with Crippen molar-refractivity contribution < 1.29 is 4.42 Å². The van der Waals surface area contributed by atoms with Crippen molar-refractivity contribution in [2.45, 2.75) is 59.0 Å². The van der Waals surface area contributed by atoms with E-state index in [-0.39, 0.29) is 0 Å². The van der Waals surface area contributed by atoms with Gasteiger partial charge < -0.3 is 9.73 Å². The van der Waals surface area contributed by atoms with Crippen LogP contribution in [0, 0.1) is 0 Å². The largest absolute Gasteiger partial charge is 0.444 e. The summed E-state index contributed by atoms with van der Waals surface area (Å²) in [6.45, 7) is 7.14. The average molecular weight is 286 g/mol. The standard InChI is InChI=1S/C18H26N2O/c1-4-6-7-15-8-10-16(11-9-15)14(3)19-13-18-20-12-17(5-2)21-18/h8-12,14,19H,4-7,13H2,1-3H3. The Morgan fingerprint density at radius 1 is 1.19 bits per heavy atom. The topological polar surface area (TPSA) is 38.1 Å². The molecule has 0 aliphatic rings. The summed E-state index contributed by atoms with van der Waals surface area (Å²) in [5.74, 6) is 1.71. The third-order valence-electron chi connectivity index (χ3n) is 3.81. The van der Waals surface area contributed by atoms with Gasteiger partial charge in [0.05, 0.1) is 12.7 Å². The van der Waals surface area contributed by atoms with Crippen molar-refractivity contribution in [3.8, 4) is 0 Å². The van der Waals surface area contributed by atoms with Gasteiger partial charge in [0.1, 0.15) is 5.76 Å². The Bertz CT molecular complexity index is 530. The second-order valence-electron chi connectivity index (χ2n) is 5.52. The molecule has 1 atom stereocenters. The summed E-state index contributed by atoms with van der Waals surface area (Å²) in [5.41, 5.74) is 2.73. The molecule has 21 heavy (non-hydrogen) atoms. The number of hydrogen-bond acceptors (Lipinski definition) is 3. The number of unbranched alkanes of at least 4 members (excludes halogenated alkanes) is 1. The average Bonchev–Trinajstić information content (AvgIpc) is 2.99. The highest BCUT2D eigenvalue weighted by molar-refractivity contribution is 5.24. The van der Waals surface area contributed by atoms with Crippen LogP contribution in [0.15, 0.2) is 34.9 Å². The number of oxazole rings is 1. The molecule has 1 unspecified atom stereocenters. The van der Waals surface area contributed by atoms with Crippen LogP contribution in [-0.2, 0) is 19.4 Å². The van der Waals surface area contributed by atoms with Crippen molar-refractivity contribution in [3.63, 3.8) is 0 Å². The van der Waals surface area contributed by atoms with Gasteiger partial charge in [0.15, 0.2) is 0 Å². The molecule has 0 fully saturated rings. The molecule has 0 aliphatic carbocycles. The van der Waals surface area contributed by atoms with Crippen LogP contribution in [0.25, 0.3) is 0 Å². The van der Waals surface area contributed by atoms with Crippen LogP contribution >= 0.6 is 0 Å². The van der Waals surface area contributed by atoms with Crippen LogP contribution in [-0.4, -0.2) is 4.98 Å². The van der Waals surface area contributed by atoms with Crippen molar-refractivity contribution >= 4 is 0 Å². The molecule has 1 aromatic heterocycles. The van der Waals surface area contributed by atoms with Gasteiger partial charge in [0.25, 0.3) is 0 Å². The van der Waals surface area contributed by atoms with Gasteiger partial charge in [-0.1, -0.05) is 44.5 Å². The lowest BCUT2D eigenvalue weighted by Crippen LogP contribution is -2.18. The normalized spacial score (nSPS) is 12.5. The Hall–Kier alpha value is -1.61. The SMILES string of the molecule is CCCCc1ccc(C(C)NCc2ncc(CC)o2)cc1. The fourth-order valence-electron chi connectivity index (χ4n) is 2.31. The number of nitrogens with zero attached hydrogens (tertiary/aromatic N) is 1. The quantitative estimate of drug-likeness (QED) is 0.780. The van der Waals surface area contributed by atoms with E-state index in [1.165, 1.54) is 30.4 Å². The molecule has 0 radical (unpaired) electrons. The minimum Gasteiger partial charge on any atom is -0.444 e. The highest BCUT2D eigenvalue weighted by Crippen LogP contribution is 2.15. The summed E-state index contributed by atoms with van der Waals surface area (Å²) < 4.78 is 5.61. The van der Waals surface area contributed by atoms with Gasteiger partial charge in [-0.2, -0.15) is 0 Å². The van der Waals surface area contributed by atoms with Gasteiger partial charge in [-0.15, -0.1) is 0 Å². The number of aromatic nitrogens is 1. The minimum absolute atomic E-state index is 0.294. The molecule has 2 rings (SSSR count). The zero-order chi connectivity index (χ0) is 15.1. The van der Waals surface area contributed by atoms with E-state index in [0.29, 0.717) is 12.6 Å². The maximum atomic E-state index is 5.61. The van der Waals surface area contributed by atoms with Gasteiger partial charge in [0, 0.05) is 12.5 Å². The van der Waals surface area contributed by atoms with Gasteiger partial charge in [-0.3, -0.25) is 0 Å². The Morgan fingerprint density at radius 2 is 1.95 bits per heavy atom. The van der Waals surface area contributed by atoms with Crippen LogP contribution in [0.3, 0.4) is 0 Å². The van der Waals surface area contributed by atoms with E-state index in [2.05, 4.69) is 55.3 Å². The first kappa shape index (κ1) is 15.8. The molecule has 0 bridgehead atoms. The second kappa shape index (κ2) is 7.99. The molecule has 1 N–H and O–H groups in total. The molecule has 0 spiro atoms. The third kappa shape index (κ3) is 4.71. The molecule has 2 aromatic rings. The molecular weight excluding hydrogens is 260 g/mol. The van der Waals surface area contributed by atoms with Gasteiger partial charge in [-0.25, -0.2) is 4.98 Å².